The first-order valence-electron chi connectivity index (χ1n) is 9.24. The van der Waals surface area contributed by atoms with Crippen LogP contribution in [0.2, 0.25) is 0 Å². The monoisotopic (exact) mass is 413 g/mol. The Morgan fingerprint density at radius 3 is 2.07 bits per heavy atom. The van der Waals surface area contributed by atoms with Crippen LogP contribution in [0, 0.1) is 0 Å². The van der Waals surface area contributed by atoms with Crippen LogP contribution in [0.25, 0.3) is 0 Å². The largest absolute Gasteiger partial charge is 0.480 e. The zero-order valence-corrected chi connectivity index (χ0v) is 16.5. The van der Waals surface area contributed by atoms with E-state index in [1.54, 1.807) is 12.1 Å². The number of carboxylic acids is 1. The van der Waals surface area contributed by atoms with E-state index in [-0.39, 0.29) is 12.2 Å². The topological polar surface area (TPSA) is 138 Å². The summed E-state index contributed by atoms with van der Waals surface area (Å²) in [5.74, 6) is -2.43. The molecule has 1 amide bonds. The molecule has 1 rings (SSSR count). The molecule has 0 saturated heterocycles. The molecule has 1 atom stereocenters. The van der Waals surface area contributed by atoms with Crippen molar-refractivity contribution >= 4 is 27.8 Å². The quantitative estimate of drug-likeness (QED) is 0.242. The molecule has 1 aromatic carbocycles. The highest BCUT2D eigenvalue weighted by Gasteiger charge is 2.21. The van der Waals surface area contributed by atoms with Crippen LogP contribution in [-0.4, -0.2) is 47.5 Å². The number of hydrogen-bond donors (Lipinski definition) is 3. The van der Waals surface area contributed by atoms with Crippen molar-refractivity contribution < 1.29 is 32.5 Å². The van der Waals surface area contributed by atoms with Crippen molar-refractivity contribution in [1.82, 2.24) is 5.32 Å². The molecule has 0 aromatic heterocycles. The molecule has 9 heteroatoms. The molecule has 0 spiro atoms. The fourth-order valence-electron chi connectivity index (χ4n) is 2.66. The van der Waals surface area contributed by atoms with Gasteiger partial charge in [0, 0.05) is 18.4 Å². The van der Waals surface area contributed by atoms with Gasteiger partial charge in [-0.2, -0.15) is 8.42 Å². The molecule has 28 heavy (non-hydrogen) atoms. The highest BCUT2D eigenvalue weighted by Crippen LogP contribution is 2.11. The minimum absolute atomic E-state index is 0.115. The third-order valence-electron chi connectivity index (χ3n) is 4.20. The van der Waals surface area contributed by atoms with Gasteiger partial charge >= 0.3 is 5.97 Å². The maximum atomic E-state index is 11.9. The number of benzene rings is 1. The van der Waals surface area contributed by atoms with Crippen molar-refractivity contribution in [2.75, 3.05) is 5.75 Å². The average Bonchev–Trinajstić information content (AvgIpc) is 2.63. The van der Waals surface area contributed by atoms with Gasteiger partial charge in [0.15, 0.2) is 5.78 Å². The van der Waals surface area contributed by atoms with E-state index < -0.39 is 40.2 Å². The smallest absolute Gasteiger partial charge is 0.326 e. The fourth-order valence-corrected chi connectivity index (χ4v) is 3.19. The van der Waals surface area contributed by atoms with Crippen LogP contribution in [0.15, 0.2) is 30.3 Å². The number of aliphatic carboxylic acids is 1. The number of carbonyl (C=O) groups excluding carboxylic acids is 2. The lowest BCUT2D eigenvalue weighted by Gasteiger charge is -2.13. The number of nitrogens with one attached hydrogen (secondary N) is 1. The van der Waals surface area contributed by atoms with Crippen LogP contribution < -0.4 is 5.32 Å². The number of carboxylic acid groups (broad SMARTS) is 1. The predicted octanol–water partition coefficient (Wildman–Crippen LogP) is 2.45. The summed E-state index contributed by atoms with van der Waals surface area (Å²) in [6.45, 7) is 0. The summed E-state index contributed by atoms with van der Waals surface area (Å²) in [6, 6.07) is 7.76. The van der Waals surface area contributed by atoms with E-state index in [1.807, 2.05) is 18.2 Å². The van der Waals surface area contributed by atoms with Crippen LogP contribution in [-0.2, 0) is 19.7 Å². The Morgan fingerprint density at radius 1 is 0.929 bits per heavy atom. The minimum atomic E-state index is -4.28. The van der Waals surface area contributed by atoms with Crippen molar-refractivity contribution in [1.29, 1.82) is 0 Å². The van der Waals surface area contributed by atoms with Crippen LogP contribution in [0.3, 0.4) is 0 Å². The average molecular weight is 413 g/mol. The van der Waals surface area contributed by atoms with E-state index in [2.05, 4.69) is 5.32 Å². The second-order valence-corrected chi connectivity index (χ2v) is 8.16. The SMILES string of the molecule is O=C(CCCCCCCC(=O)c1ccccc1)N[C@@H](CCS(=O)(=O)O)C(=O)O. The summed E-state index contributed by atoms with van der Waals surface area (Å²) >= 11 is 0. The lowest BCUT2D eigenvalue weighted by molar-refractivity contribution is -0.141. The van der Waals surface area contributed by atoms with E-state index in [4.69, 9.17) is 9.66 Å². The van der Waals surface area contributed by atoms with Crippen molar-refractivity contribution in [2.24, 2.45) is 0 Å². The summed E-state index contributed by atoms with van der Waals surface area (Å²) in [4.78, 5) is 34.8. The summed E-state index contributed by atoms with van der Waals surface area (Å²) in [5, 5.41) is 11.3. The molecule has 0 heterocycles. The lowest BCUT2D eigenvalue weighted by atomic mass is 10.0. The molecule has 0 saturated carbocycles. The van der Waals surface area contributed by atoms with Crippen molar-refractivity contribution in [3.8, 4) is 0 Å². The molecule has 156 valence electrons. The van der Waals surface area contributed by atoms with E-state index in [0.717, 1.165) is 25.7 Å². The zero-order valence-electron chi connectivity index (χ0n) is 15.7. The Bertz CT molecular complexity index is 747. The first-order valence-corrected chi connectivity index (χ1v) is 10.9. The van der Waals surface area contributed by atoms with Crippen molar-refractivity contribution in [3.05, 3.63) is 35.9 Å². The third kappa shape index (κ3) is 10.8. The third-order valence-corrected chi connectivity index (χ3v) is 4.95. The molecule has 0 bridgehead atoms. The van der Waals surface area contributed by atoms with E-state index >= 15 is 0 Å². The second kappa shape index (κ2) is 12.2. The highest BCUT2D eigenvalue weighted by molar-refractivity contribution is 7.85. The van der Waals surface area contributed by atoms with Crippen LogP contribution in [0.5, 0.6) is 0 Å². The Labute approximate surface area is 165 Å². The van der Waals surface area contributed by atoms with Gasteiger partial charge in [0.2, 0.25) is 5.91 Å². The molecule has 0 fully saturated rings. The molecule has 3 N–H and O–H groups in total. The Kier molecular flexibility index (Phi) is 10.4. The van der Waals surface area contributed by atoms with Gasteiger partial charge in [0.1, 0.15) is 6.04 Å². The second-order valence-electron chi connectivity index (χ2n) is 6.59. The zero-order chi connectivity index (χ0) is 21.0. The molecule has 0 aliphatic carbocycles. The number of ketones is 1. The fraction of sp³-hybridized carbons (Fsp3) is 0.526. The molecule has 1 aromatic rings. The molecule has 0 radical (unpaired) electrons. The van der Waals surface area contributed by atoms with Gasteiger partial charge in [-0.1, -0.05) is 49.6 Å². The van der Waals surface area contributed by atoms with Gasteiger partial charge in [-0.25, -0.2) is 4.79 Å². The Hall–Kier alpha value is -2.26. The highest BCUT2D eigenvalue weighted by atomic mass is 32.2. The number of Topliss-reactive ketones (excluding diaryl/α,β-unsaturated/α-hetero) is 1. The standard InChI is InChI=1S/C19H27NO7S/c21-17(15-9-5-4-6-10-15)11-7-2-1-3-8-12-18(22)20-16(19(23)24)13-14-28(25,26)27/h4-6,9-10,16H,1-3,7-8,11-14H2,(H,20,22)(H,23,24)(H,25,26,27)/t16-/m0/s1. The Balaban J connectivity index is 2.15. The van der Waals surface area contributed by atoms with Crippen molar-refractivity contribution in [3.63, 3.8) is 0 Å². The molecule has 0 aliphatic heterocycles. The summed E-state index contributed by atoms with van der Waals surface area (Å²) in [5.41, 5.74) is 0.709. The normalized spacial score (nSPS) is 12.3. The number of carbonyl (C=O) groups is 3. The number of unbranched alkanes of at least 4 members (excludes halogenated alkanes) is 4. The minimum Gasteiger partial charge on any atom is -0.480 e. The summed E-state index contributed by atoms with van der Waals surface area (Å²) in [6.07, 6.45) is 4.08. The van der Waals surface area contributed by atoms with Gasteiger partial charge in [-0.15, -0.1) is 0 Å². The Morgan fingerprint density at radius 2 is 1.50 bits per heavy atom. The predicted molar refractivity (Wildman–Crippen MR) is 104 cm³/mol. The molecule has 0 aliphatic rings. The summed E-state index contributed by atoms with van der Waals surface area (Å²) < 4.78 is 30.1. The van der Waals surface area contributed by atoms with Crippen LogP contribution in [0.1, 0.15) is 61.7 Å². The van der Waals surface area contributed by atoms with E-state index in [9.17, 15) is 22.8 Å². The molecule has 8 nitrogen and oxygen atoms in total. The van der Waals surface area contributed by atoms with Gasteiger partial charge < -0.3 is 10.4 Å². The van der Waals surface area contributed by atoms with Gasteiger partial charge in [0.25, 0.3) is 10.1 Å². The van der Waals surface area contributed by atoms with Gasteiger partial charge in [0.05, 0.1) is 5.75 Å². The van der Waals surface area contributed by atoms with Crippen LogP contribution >= 0.6 is 0 Å². The van der Waals surface area contributed by atoms with Gasteiger partial charge in [-0.3, -0.25) is 14.1 Å². The van der Waals surface area contributed by atoms with E-state index in [0.29, 0.717) is 18.4 Å². The summed E-state index contributed by atoms with van der Waals surface area (Å²) in [7, 11) is -4.28. The van der Waals surface area contributed by atoms with E-state index in [1.165, 1.54) is 0 Å². The number of hydrogen-bond acceptors (Lipinski definition) is 5. The molecular weight excluding hydrogens is 386 g/mol. The van der Waals surface area contributed by atoms with Crippen LogP contribution in [0.4, 0.5) is 0 Å². The number of amides is 1. The lowest BCUT2D eigenvalue weighted by Crippen LogP contribution is -2.41. The maximum Gasteiger partial charge on any atom is 0.326 e. The molecule has 0 unspecified atom stereocenters. The van der Waals surface area contributed by atoms with Crippen molar-refractivity contribution in [2.45, 2.75) is 57.4 Å². The van der Waals surface area contributed by atoms with Gasteiger partial charge in [-0.05, 0) is 19.3 Å². The first-order chi connectivity index (χ1) is 13.2. The maximum absolute atomic E-state index is 11.9. The number of rotatable bonds is 14. The first kappa shape index (κ1) is 23.8. The molecular formula is C19H27NO7S.